The number of hydrogen-bond donors (Lipinski definition) is 1. The van der Waals surface area contributed by atoms with Crippen molar-refractivity contribution in [2.75, 3.05) is 31.2 Å². The van der Waals surface area contributed by atoms with Crippen molar-refractivity contribution in [2.45, 2.75) is 40.3 Å². The molecule has 0 heterocycles. The molecule has 0 radical (unpaired) electrons. The van der Waals surface area contributed by atoms with Crippen molar-refractivity contribution in [3.63, 3.8) is 0 Å². The zero-order valence-electron chi connectivity index (χ0n) is 13.1. The van der Waals surface area contributed by atoms with E-state index in [0.29, 0.717) is 6.04 Å². The molecule has 1 aromatic rings. The Balaban J connectivity index is 2.87. The SMILES string of the molecule is CCOCCN(CC)c1c(Cl)cccc1CNC(C)C. The van der Waals surface area contributed by atoms with Crippen molar-refractivity contribution < 1.29 is 4.74 Å². The first-order valence-electron chi connectivity index (χ1n) is 7.43. The Morgan fingerprint density at radius 1 is 1.30 bits per heavy atom. The Morgan fingerprint density at radius 3 is 2.65 bits per heavy atom. The lowest BCUT2D eigenvalue weighted by atomic mass is 10.1. The molecule has 0 unspecified atom stereocenters. The molecule has 4 heteroatoms. The second-order valence-corrected chi connectivity index (χ2v) is 5.47. The summed E-state index contributed by atoms with van der Waals surface area (Å²) in [5, 5.41) is 4.27. The normalized spacial score (nSPS) is 11.1. The highest BCUT2D eigenvalue weighted by molar-refractivity contribution is 6.33. The first kappa shape index (κ1) is 17.3. The van der Waals surface area contributed by atoms with Gasteiger partial charge in [-0.3, -0.25) is 0 Å². The molecule has 0 aromatic heterocycles. The molecule has 0 atom stereocenters. The van der Waals surface area contributed by atoms with Gasteiger partial charge in [0.25, 0.3) is 0 Å². The van der Waals surface area contributed by atoms with Crippen LogP contribution in [0.15, 0.2) is 18.2 Å². The van der Waals surface area contributed by atoms with Gasteiger partial charge in [0.15, 0.2) is 0 Å². The fourth-order valence-corrected chi connectivity index (χ4v) is 2.43. The molecular formula is C16H27ClN2O. The molecular weight excluding hydrogens is 272 g/mol. The van der Waals surface area contributed by atoms with Crippen molar-refractivity contribution in [3.8, 4) is 0 Å². The third-order valence-electron chi connectivity index (χ3n) is 3.18. The number of ether oxygens (including phenoxy) is 1. The topological polar surface area (TPSA) is 24.5 Å². The molecule has 0 amide bonds. The van der Waals surface area contributed by atoms with Gasteiger partial charge in [-0.05, 0) is 25.5 Å². The zero-order chi connectivity index (χ0) is 15.0. The molecule has 0 saturated carbocycles. The van der Waals surface area contributed by atoms with E-state index in [1.165, 1.54) is 5.56 Å². The fourth-order valence-electron chi connectivity index (χ4n) is 2.12. The van der Waals surface area contributed by atoms with E-state index >= 15 is 0 Å². The van der Waals surface area contributed by atoms with Crippen LogP contribution in [0.3, 0.4) is 0 Å². The van der Waals surface area contributed by atoms with Crippen molar-refractivity contribution in [1.29, 1.82) is 0 Å². The molecule has 0 saturated heterocycles. The number of para-hydroxylation sites is 1. The number of rotatable bonds is 9. The van der Waals surface area contributed by atoms with Crippen LogP contribution in [0.4, 0.5) is 5.69 Å². The molecule has 0 aliphatic heterocycles. The maximum Gasteiger partial charge on any atom is 0.0642 e. The van der Waals surface area contributed by atoms with E-state index in [-0.39, 0.29) is 0 Å². The average molecular weight is 299 g/mol. The number of anilines is 1. The lowest BCUT2D eigenvalue weighted by Crippen LogP contribution is -2.30. The number of nitrogens with one attached hydrogen (secondary N) is 1. The predicted molar refractivity (Wildman–Crippen MR) is 87.8 cm³/mol. The van der Waals surface area contributed by atoms with Gasteiger partial charge in [0, 0.05) is 32.3 Å². The lowest BCUT2D eigenvalue weighted by molar-refractivity contribution is 0.154. The van der Waals surface area contributed by atoms with Crippen LogP contribution in [0.5, 0.6) is 0 Å². The third kappa shape index (κ3) is 5.31. The first-order chi connectivity index (χ1) is 9.60. The number of halogens is 1. The maximum absolute atomic E-state index is 6.42. The van der Waals surface area contributed by atoms with Gasteiger partial charge in [0.05, 0.1) is 17.3 Å². The fraction of sp³-hybridized carbons (Fsp3) is 0.625. The lowest BCUT2D eigenvalue weighted by Gasteiger charge is -2.27. The molecule has 3 nitrogen and oxygen atoms in total. The Labute approximate surface area is 128 Å². The smallest absolute Gasteiger partial charge is 0.0642 e. The summed E-state index contributed by atoms with van der Waals surface area (Å²) >= 11 is 6.42. The minimum absolute atomic E-state index is 0.459. The third-order valence-corrected chi connectivity index (χ3v) is 3.48. The Kier molecular flexibility index (Phi) is 7.97. The van der Waals surface area contributed by atoms with Crippen LogP contribution in [0.1, 0.15) is 33.3 Å². The van der Waals surface area contributed by atoms with Crippen LogP contribution < -0.4 is 10.2 Å². The molecule has 0 spiro atoms. The standard InChI is InChI=1S/C16H27ClN2O/c1-5-19(10-11-20-6-2)16-14(12-18-13(3)4)8-7-9-15(16)17/h7-9,13,18H,5-6,10-12H2,1-4H3. The Hall–Kier alpha value is -0.770. The summed E-state index contributed by atoms with van der Waals surface area (Å²) in [6.07, 6.45) is 0. The van der Waals surface area contributed by atoms with Gasteiger partial charge in [-0.25, -0.2) is 0 Å². The van der Waals surface area contributed by atoms with Crippen LogP contribution in [0, 0.1) is 0 Å². The van der Waals surface area contributed by atoms with Gasteiger partial charge in [-0.15, -0.1) is 0 Å². The minimum Gasteiger partial charge on any atom is -0.380 e. The van der Waals surface area contributed by atoms with Crippen molar-refractivity contribution in [1.82, 2.24) is 5.32 Å². The molecule has 114 valence electrons. The minimum atomic E-state index is 0.459. The van der Waals surface area contributed by atoms with Crippen molar-refractivity contribution in [3.05, 3.63) is 28.8 Å². The second-order valence-electron chi connectivity index (χ2n) is 5.06. The molecule has 1 aromatic carbocycles. The number of benzene rings is 1. The zero-order valence-corrected chi connectivity index (χ0v) is 13.8. The maximum atomic E-state index is 6.42. The summed E-state index contributed by atoms with van der Waals surface area (Å²) < 4.78 is 5.46. The predicted octanol–water partition coefficient (Wildman–Crippen LogP) is 3.70. The summed E-state index contributed by atoms with van der Waals surface area (Å²) in [7, 11) is 0. The monoisotopic (exact) mass is 298 g/mol. The number of hydrogen-bond acceptors (Lipinski definition) is 3. The summed E-state index contributed by atoms with van der Waals surface area (Å²) in [6.45, 7) is 12.6. The van der Waals surface area contributed by atoms with Gasteiger partial charge < -0.3 is 15.0 Å². The average Bonchev–Trinajstić information content (AvgIpc) is 2.42. The summed E-state index contributed by atoms with van der Waals surface area (Å²) in [4.78, 5) is 2.29. The number of nitrogens with zero attached hydrogens (tertiary/aromatic N) is 1. The van der Waals surface area contributed by atoms with Crippen LogP contribution in [0.25, 0.3) is 0 Å². The van der Waals surface area contributed by atoms with Crippen LogP contribution in [-0.2, 0) is 11.3 Å². The second kappa shape index (κ2) is 9.22. The largest absolute Gasteiger partial charge is 0.380 e. The Morgan fingerprint density at radius 2 is 2.05 bits per heavy atom. The quantitative estimate of drug-likeness (QED) is 0.704. The first-order valence-corrected chi connectivity index (χ1v) is 7.81. The van der Waals surface area contributed by atoms with E-state index in [0.717, 1.165) is 43.6 Å². The van der Waals surface area contributed by atoms with E-state index < -0.39 is 0 Å². The van der Waals surface area contributed by atoms with Gasteiger partial charge in [-0.1, -0.05) is 37.6 Å². The highest BCUT2D eigenvalue weighted by atomic mass is 35.5. The van der Waals surface area contributed by atoms with E-state index in [9.17, 15) is 0 Å². The molecule has 0 fully saturated rings. The van der Waals surface area contributed by atoms with E-state index in [4.69, 9.17) is 16.3 Å². The number of likely N-dealkylation sites (N-methyl/N-ethyl adjacent to an activating group) is 1. The highest BCUT2D eigenvalue weighted by Gasteiger charge is 2.13. The Bertz CT molecular complexity index is 396. The molecule has 1 rings (SSSR count). The van der Waals surface area contributed by atoms with E-state index in [2.05, 4.69) is 37.1 Å². The highest BCUT2D eigenvalue weighted by Crippen LogP contribution is 2.30. The summed E-state index contributed by atoms with van der Waals surface area (Å²) in [5.41, 5.74) is 2.37. The van der Waals surface area contributed by atoms with Crippen LogP contribution >= 0.6 is 11.6 Å². The van der Waals surface area contributed by atoms with Crippen LogP contribution in [-0.4, -0.2) is 32.3 Å². The molecule has 1 N–H and O–H groups in total. The van der Waals surface area contributed by atoms with Gasteiger partial charge >= 0.3 is 0 Å². The molecule has 0 aliphatic rings. The van der Waals surface area contributed by atoms with Crippen molar-refractivity contribution in [2.24, 2.45) is 0 Å². The summed E-state index contributed by atoms with van der Waals surface area (Å²) in [5.74, 6) is 0. The molecule has 0 aliphatic carbocycles. The van der Waals surface area contributed by atoms with Gasteiger partial charge in [-0.2, -0.15) is 0 Å². The van der Waals surface area contributed by atoms with Crippen molar-refractivity contribution >= 4 is 17.3 Å². The summed E-state index contributed by atoms with van der Waals surface area (Å²) in [6, 6.07) is 6.57. The van der Waals surface area contributed by atoms with Gasteiger partial charge in [0.1, 0.15) is 0 Å². The molecule has 20 heavy (non-hydrogen) atoms. The van der Waals surface area contributed by atoms with Crippen LogP contribution in [0.2, 0.25) is 5.02 Å². The van der Waals surface area contributed by atoms with E-state index in [1.807, 2.05) is 19.1 Å². The van der Waals surface area contributed by atoms with E-state index in [1.54, 1.807) is 0 Å². The van der Waals surface area contributed by atoms with Gasteiger partial charge in [0.2, 0.25) is 0 Å². The molecule has 0 bridgehead atoms.